The number of rotatable bonds is 6. The zero-order valence-corrected chi connectivity index (χ0v) is 19.5. The maximum atomic E-state index is 5.63. The summed E-state index contributed by atoms with van der Waals surface area (Å²) in [6.45, 7) is 6.10. The molecule has 0 saturated heterocycles. The Morgan fingerprint density at radius 2 is 1.83 bits per heavy atom. The Labute approximate surface area is 183 Å². The average molecular weight is 413 g/mol. The highest BCUT2D eigenvalue weighted by Gasteiger charge is 2.59. The van der Waals surface area contributed by atoms with Crippen LogP contribution in [0, 0.1) is 40.4 Å². The van der Waals surface area contributed by atoms with Gasteiger partial charge in [0.25, 0.3) is 0 Å². The minimum absolute atomic E-state index is 0.575. The third kappa shape index (κ3) is 3.48. The van der Waals surface area contributed by atoms with Crippen molar-refractivity contribution in [2.45, 2.75) is 104 Å². The van der Waals surface area contributed by atoms with Gasteiger partial charge < -0.3 is 10.3 Å². The van der Waals surface area contributed by atoms with Crippen molar-refractivity contribution in [1.29, 1.82) is 0 Å². The molecule has 4 aliphatic rings. The molecule has 1 unspecified atom stereocenters. The van der Waals surface area contributed by atoms with E-state index in [0.717, 1.165) is 66.9 Å². The van der Waals surface area contributed by atoms with E-state index in [1.165, 1.54) is 70.6 Å². The molecule has 5 rings (SSSR count). The Morgan fingerprint density at radius 3 is 2.70 bits per heavy atom. The van der Waals surface area contributed by atoms with Crippen LogP contribution in [0.15, 0.2) is 10.6 Å². The van der Waals surface area contributed by atoms with E-state index in [2.05, 4.69) is 25.1 Å². The molecule has 0 radical (unpaired) electrons. The molecule has 1 aromatic heterocycles. The van der Waals surface area contributed by atoms with E-state index < -0.39 is 0 Å². The largest absolute Gasteiger partial charge is 0.361 e. The van der Waals surface area contributed by atoms with Crippen LogP contribution in [0.4, 0.5) is 0 Å². The van der Waals surface area contributed by atoms with Gasteiger partial charge in [-0.2, -0.15) is 0 Å². The Bertz CT molecular complexity index is 728. The van der Waals surface area contributed by atoms with Crippen molar-refractivity contribution in [3.63, 3.8) is 0 Å². The molecule has 4 aliphatic carbocycles. The molecule has 0 bridgehead atoms. The summed E-state index contributed by atoms with van der Waals surface area (Å²) in [4.78, 5) is 0. The molecule has 168 valence electrons. The molecule has 3 nitrogen and oxygen atoms in total. The van der Waals surface area contributed by atoms with Gasteiger partial charge in [0.15, 0.2) is 0 Å². The molecule has 0 aliphatic heterocycles. The lowest BCUT2D eigenvalue weighted by molar-refractivity contribution is -0.111. The zero-order chi connectivity index (χ0) is 20.8. The average Bonchev–Trinajstić information content (AvgIpc) is 3.33. The summed E-state index contributed by atoms with van der Waals surface area (Å²) in [5, 5.41) is 4.36. The summed E-state index contributed by atoms with van der Waals surface area (Å²) in [5.74, 6) is 5.96. The normalized spacial score (nSPS) is 43.1. The van der Waals surface area contributed by atoms with Crippen LogP contribution in [-0.4, -0.2) is 11.7 Å². The third-order valence-electron chi connectivity index (χ3n) is 10.8. The Balaban J connectivity index is 1.24. The highest BCUT2D eigenvalue weighted by Crippen LogP contribution is 2.67. The quantitative estimate of drug-likeness (QED) is 0.576. The minimum atomic E-state index is 0.575. The summed E-state index contributed by atoms with van der Waals surface area (Å²) in [5.41, 5.74) is 8.04. The smallest absolute Gasteiger partial charge is 0.137 e. The highest BCUT2D eigenvalue weighted by molar-refractivity contribution is 5.10. The van der Waals surface area contributed by atoms with Crippen molar-refractivity contribution in [2.24, 2.45) is 46.2 Å². The van der Waals surface area contributed by atoms with E-state index in [4.69, 9.17) is 10.3 Å². The SMILES string of the molecule is C[C@]12CC[C@H]3[C@@H](CCC4CCCC[C@@]43C)[C@@H]1CC[C@@H]2CCc1cc(CCCN)on1. The molecule has 0 aromatic carbocycles. The summed E-state index contributed by atoms with van der Waals surface area (Å²) >= 11 is 0. The fourth-order valence-electron chi connectivity index (χ4n) is 9.07. The van der Waals surface area contributed by atoms with E-state index in [-0.39, 0.29) is 0 Å². The van der Waals surface area contributed by atoms with E-state index in [1.807, 2.05) is 0 Å². The van der Waals surface area contributed by atoms with Gasteiger partial charge in [-0.3, -0.25) is 0 Å². The predicted molar refractivity (Wildman–Crippen MR) is 122 cm³/mol. The number of hydrogen-bond donors (Lipinski definition) is 1. The van der Waals surface area contributed by atoms with Crippen LogP contribution in [0.5, 0.6) is 0 Å². The first-order valence-electron chi connectivity index (χ1n) is 13.2. The third-order valence-corrected chi connectivity index (χ3v) is 10.8. The van der Waals surface area contributed by atoms with E-state index in [1.54, 1.807) is 0 Å². The topological polar surface area (TPSA) is 52.0 Å². The van der Waals surface area contributed by atoms with Crippen molar-refractivity contribution >= 4 is 0 Å². The first-order valence-corrected chi connectivity index (χ1v) is 13.2. The molecule has 30 heavy (non-hydrogen) atoms. The maximum absolute atomic E-state index is 5.63. The Kier molecular flexibility index (Phi) is 5.79. The fourth-order valence-corrected chi connectivity index (χ4v) is 9.07. The van der Waals surface area contributed by atoms with Crippen LogP contribution in [0.25, 0.3) is 0 Å². The molecule has 1 heterocycles. The standard InChI is InChI=1S/C27H44N2O/c1-26-15-4-3-6-19(26)9-12-23-24-13-10-20(27(24,2)16-14-25(23)26)8-11-21-18-22(30-29-21)7-5-17-28/h18-20,23-25H,3-17,28H2,1-2H3/t19?,20-,23-,24-,25-,26-,27+/m0/s1. The second-order valence-electron chi connectivity index (χ2n) is 11.9. The molecular formula is C27H44N2O. The summed E-state index contributed by atoms with van der Waals surface area (Å²) in [7, 11) is 0. The molecular weight excluding hydrogens is 368 g/mol. The molecule has 3 heteroatoms. The lowest BCUT2D eigenvalue weighted by Crippen LogP contribution is -2.52. The summed E-state index contributed by atoms with van der Waals surface area (Å²) < 4.78 is 5.54. The van der Waals surface area contributed by atoms with Crippen LogP contribution in [0.3, 0.4) is 0 Å². The van der Waals surface area contributed by atoms with Crippen molar-refractivity contribution in [1.82, 2.24) is 5.16 Å². The molecule has 1 aromatic rings. The van der Waals surface area contributed by atoms with Crippen molar-refractivity contribution < 1.29 is 4.52 Å². The van der Waals surface area contributed by atoms with Gasteiger partial charge in [-0.05, 0) is 118 Å². The van der Waals surface area contributed by atoms with Gasteiger partial charge in [-0.15, -0.1) is 0 Å². The number of nitrogens with two attached hydrogens (primary N) is 1. The number of aryl methyl sites for hydroxylation is 2. The molecule has 0 amide bonds. The van der Waals surface area contributed by atoms with Gasteiger partial charge in [0.05, 0.1) is 5.69 Å². The van der Waals surface area contributed by atoms with Crippen molar-refractivity contribution in [2.75, 3.05) is 6.54 Å². The molecule has 7 atom stereocenters. The zero-order valence-electron chi connectivity index (χ0n) is 19.5. The van der Waals surface area contributed by atoms with Crippen LogP contribution >= 0.6 is 0 Å². The van der Waals surface area contributed by atoms with Crippen molar-refractivity contribution in [3.8, 4) is 0 Å². The maximum Gasteiger partial charge on any atom is 0.137 e. The van der Waals surface area contributed by atoms with E-state index in [0.29, 0.717) is 10.8 Å². The van der Waals surface area contributed by atoms with Gasteiger partial charge in [-0.1, -0.05) is 31.8 Å². The van der Waals surface area contributed by atoms with Crippen LogP contribution in [0.2, 0.25) is 0 Å². The number of aromatic nitrogens is 1. The molecule has 0 spiro atoms. The second-order valence-corrected chi connectivity index (χ2v) is 11.9. The summed E-state index contributed by atoms with van der Waals surface area (Å²) in [6, 6.07) is 2.19. The highest BCUT2D eigenvalue weighted by atomic mass is 16.5. The monoisotopic (exact) mass is 412 g/mol. The fraction of sp³-hybridized carbons (Fsp3) is 0.889. The molecule has 4 saturated carbocycles. The van der Waals surface area contributed by atoms with Gasteiger partial charge in [0, 0.05) is 12.5 Å². The predicted octanol–water partition coefficient (Wildman–Crippen LogP) is 6.55. The van der Waals surface area contributed by atoms with Crippen LogP contribution < -0.4 is 5.73 Å². The van der Waals surface area contributed by atoms with Crippen LogP contribution in [-0.2, 0) is 12.8 Å². The van der Waals surface area contributed by atoms with Gasteiger partial charge >= 0.3 is 0 Å². The van der Waals surface area contributed by atoms with Crippen LogP contribution in [0.1, 0.15) is 102 Å². The van der Waals surface area contributed by atoms with Gasteiger partial charge in [0.1, 0.15) is 5.76 Å². The van der Waals surface area contributed by atoms with Gasteiger partial charge in [0.2, 0.25) is 0 Å². The summed E-state index contributed by atoms with van der Waals surface area (Å²) in [6.07, 6.45) is 19.3. The second kappa shape index (κ2) is 8.26. The Morgan fingerprint density at radius 1 is 0.967 bits per heavy atom. The van der Waals surface area contributed by atoms with E-state index in [9.17, 15) is 0 Å². The lowest BCUT2D eigenvalue weighted by Gasteiger charge is -2.60. The first kappa shape index (κ1) is 21.0. The molecule has 2 N–H and O–H groups in total. The molecule has 4 fully saturated rings. The Hall–Kier alpha value is -0.830. The van der Waals surface area contributed by atoms with Crippen molar-refractivity contribution in [3.05, 3.63) is 17.5 Å². The number of hydrogen-bond acceptors (Lipinski definition) is 3. The number of fused-ring (bicyclic) bond motifs is 5. The minimum Gasteiger partial charge on any atom is -0.361 e. The van der Waals surface area contributed by atoms with Gasteiger partial charge in [-0.25, -0.2) is 0 Å². The number of nitrogens with zero attached hydrogens (tertiary/aromatic N) is 1. The first-order chi connectivity index (χ1) is 14.5. The lowest BCUT2D eigenvalue weighted by atomic mass is 9.45. The van der Waals surface area contributed by atoms with E-state index >= 15 is 0 Å².